The Kier molecular flexibility index (Phi) is 6.14. The van der Waals surface area contributed by atoms with Gasteiger partial charge in [0.2, 0.25) is 0 Å². The molecule has 1 aliphatic rings. The van der Waals surface area contributed by atoms with E-state index in [-0.39, 0.29) is 12.6 Å². The van der Waals surface area contributed by atoms with Crippen LogP contribution in [0.1, 0.15) is 38.2 Å². The zero-order valence-corrected chi connectivity index (χ0v) is 13.0. The molecule has 0 spiro atoms. The number of rotatable bonds is 6. The second kappa shape index (κ2) is 7.87. The summed E-state index contributed by atoms with van der Waals surface area (Å²) in [7, 11) is 0. The van der Waals surface area contributed by atoms with Crippen LogP contribution in [-0.2, 0) is 6.54 Å². The van der Waals surface area contributed by atoms with Gasteiger partial charge in [0.15, 0.2) is 0 Å². The summed E-state index contributed by atoms with van der Waals surface area (Å²) in [5.41, 5.74) is 2.34. The van der Waals surface area contributed by atoms with Gasteiger partial charge in [0.05, 0.1) is 23.4 Å². The molecular formula is C16H25ClN2O. The van der Waals surface area contributed by atoms with Gasteiger partial charge in [-0.1, -0.05) is 30.7 Å². The van der Waals surface area contributed by atoms with Crippen molar-refractivity contribution in [2.45, 2.75) is 45.2 Å². The maximum Gasteiger partial charge on any atom is 0.0643 e. The lowest BCUT2D eigenvalue weighted by Crippen LogP contribution is -2.42. The molecule has 1 aromatic rings. The summed E-state index contributed by atoms with van der Waals surface area (Å²) in [6.07, 6.45) is 4.53. The molecule has 1 unspecified atom stereocenters. The van der Waals surface area contributed by atoms with Crippen LogP contribution in [0.25, 0.3) is 0 Å². The highest BCUT2D eigenvalue weighted by Crippen LogP contribution is 2.34. The molecule has 112 valence electrons. The van der Waals surface area contributed by atoms with Gasteiger partial charge in [-0.25, -0.2) is 0 Å². The van der Waals surface area contributed by atoms with Gasteiger partial charge in [-0.2, -0.15) is 0 Å². The summed E-state index contributed by atoms with van der Waals surface area (Å²) in [6.45, 7) is 5.19. The zero-order chi connectivity index (χ0) is 14.4. The number of anilines is 1. The van der Waals surface area contributed by atoms with E-state index in [1.54, 1.807) is 0 Å². The molecule has 0 amide bonds. The van der Waals surface area contributed by atoms with Gasteiger partial charge in [0.25, 0.3) is 0 Å². The predicted octanol–water partition coefficient (Wildman–Crippen LogP) is 3.19. The largest absolute Gasteiger partial charge is 0.394 e. The topological polar surface area (TPSA) is 35.5 Å². The van der Waals surface area contributed by atoms with E-state index < -0.39 is 0 Å². The molecule has 0 aliphatic carbocycles. The third-order valence-electron chi connectivity index (χ3n) is 3.94. The lowest BCUT2D eigenvalue weighted by atomic mass is 10.00. The van der Waals surface area contributed by atoms with E-state index in [2.05, 4.69) is 23.2 Å². The SMILES string of the molecule is CCCNCc1cccc(Cl)c1N1CCCCC1CO. The van der Waals surface area contributed by atoms with Gasteiger partial charge in [-0.05, 0) is 43.9 Å². The first-order valence-electron chi connectivity index (χ1n) is 7.63. The van der Waals surface area contributed by atoms with Crippen molar-refractivity contribution in [3.63, 3.8) is 0 Å². The Bertz CT molecular complexity index is 425. The van der Waals surface area contributed by atoms with E-state index in [1.807, 2.05) is 12.1 Å². The Morgan fingerprint density at radius 3 is 3.00 bits per heavy atom. The standard InChI is InChI=1S/C16H25ClN2O/c1-2-9-18-11-13-6-5-8-15(17)16(13)19-10-4-3-7-14(19)12-20/h5-6,8,14,18,20H,2-4,7,9-12H2,1H3. The first-order chi connectivity index (χ1) is 9.77. The molecule has 2 rings (SSSR count). The molecule has 4 heteroatoms. The molecule has 0 radical (unpaired) electrons. The summed E-state index contributed by atoms with van der Waals surface area (Å²) >= 11 is 6.45. The molecule has 1 fully saturated rings. The average Bonchev–Trinajstić information content (AvgIpc) is 2.48. The quantitative estimate of drug-likeness (QED) is 0.792. The summed E-state index contributed by atoms with van der Waals surface area (Å²) in [5.74, 6) is 0. The molecule has 0 bridgehead atoms. The summed E-state index contributed by atoms with van der Waals surface area (Å²) in [4.78, 5) is 2.30. The molecule has 3 nitrogen and oxygen atoms in total. The van der Waals surface area contributed by atoms with E-state index >= 15 is 0 Å². The molecule has 1 saturated heterocycles. The molecule has 2 N–H and O–H groups in total. The highest BCUT2D eigenvalue weighted by Gasteiger charge is 2.25. The molecule has 1 atom stereocenters. The maximum absolute atomic E-state index is 9.62. The van der Waals surface area contributed by atoms with Crippen LogP contribution in [0, 0.1) is 0 Å². The van der Waals surface area contributed by atoms with Crippen molar-refractivity contribution in [1.29, 1.82) is 0 Å². The number of hydrogen-bond donors (Lipinski definition) is 2. The maximum atomic E-state index is 9.62. The van der Waals surface area contributed by atoms with Crippen molar-refractivity contribution in [2.24, 2.45) is 0 Å². The fourth-order valence-corrected chi connectivity index (χ4v) is 3.21. The van der Waals surface area contributed by atoms with E-state index in [0.717, 1.165) is 43.2 Å². The highest BCUT2D eigenvalue weighted by atomic mass is 35.5. The minimum Gasteiger partial charge on any atom is -0.394 e. The molecule has 20 heavy (non-hydrogen) atoms. The first-order valence-corrected chi connectivity index (χ1v) is 8.01. The van der Waals surface area contributed by atoms with Crippen LogP contribution < -0.4 is 10.2 Å². The Balaban J connectivity index is 2.23. The number of benzene rings is 1. The van der Waals surface area contributed by atoms with Crippen LogP contribution in [-0.4, -0.2) is 30.8 Å². The van der Waals surface area contributed by atoms with Gasteiger partial charge < -0.3 is 15.3 Å². The smallest absolute Gasteiger partial charge is 0.0643 e. The van der Waals surface area contributed by atoms with Crippen LogP contribution in [0.15, 0.2) is 18.2 Å². The number of piperidine rings is 1. The number of hydrogen-bond acceptors (Lipinski definition) is 3. The van der Waals surface area contributed by atoms with Crippen LogP contribution in [0.3, 0.4) is 0 Å². The Morgan fingerprint density at radius 2 is 2.25 bits per heavy atom. The summed E-state index contributed by atoms with van der Waals surface area (Å²) in [6, 6.07) is 6.29. The van der Waals surface area contributed by atoms with E-state index in [9.17, 15) is 5.11 Å². The number of aliphatic hydroxyl groups excluding tert-OH is 1. The summed E-state index contributed by atoms with van der Waals surface area (Å²) < 4.78 is 0. The molecule has 1 aromatic carbocycles. The van der Waals surface area contributed by atoms with Crippen LogP contribution in [0.5, 0.6) is 0 Å². The van der Waals surface area contributed by atoms with Gasteiger partial charge >= 0.3 is 0 Å². The van der Waals surface area contributed by atoms with Crippen LogP contribution in [0.2, 0.25) is 5.02 Å². The lowest BCUT2D eigenvalue weighted by molar-refractivity contribution is 0.240. The minimum absolute atomic E-state index is 0.201. The number of halogens is 1. The number of nitrogens with zero attached hydrogens (tertiary/aromatic N) is 1. The van der Waals surface area contributed by atoms with Crippen molar-refractivity contribution < 1.29 is 5.11 Å². The lowest BCUT2D eigenvalue weighted by Gasteiger charge is -2.38. The Labute approximate surface area is 126 Å². The van der Waals surface area contributed by atoms with Gasteiger partial charge in [0, 0.05) is 13.1 Å². The molecular weight excluding hydrogens is 272 g/mol. The summed E-state index contributed by atoms with van der Waals surface area (Å²) in [5, 5.41) is 13.9. The molecule has 0 aromatic heterocycles. The van der Waals surface area contributed by atoms with Crippen LogP contribution in [0.4, 0.5) is 5.69 Å². The van der Waals surface area contributed by atoms with Gasteiger partial charge in [0.1, 0.15) is 0 Å². The van der Waals surface area contributed by atoms with Crippen molar-refractivity contribution in [2.75, 3.05) is 24.6 Å². The number of nitrogens with one attached hydrogen (secondary N) is 1. The van der Waals surface area contributed by atoms with Crippen molar-refractivity contribution in [3.8, 4) is 0 Å². The second-order valence-corrected chi connectivity index (χ2v) is 5.86. The Hall–Kier alpha value is -0.770. The van der Waals surface area contributed by atoms with E-state index in [1.165, 1.54) is 18.4 Å². The normalized spacial score (nSPS) is 19.4. The number of aliphatic hydroxyl groups is 1. The first kappa shape index (κ1) is 15.6. The van der Waals surface area contributed by atoms with Crippen molar-refractivity contribution in [3.05, 3.63) is 28.8 Å². The number of para-hydroxylation sites is 1. The molecule has 1 heterocycles. The van der Waals surface area contributed by atoms with E-state index in [4.69, 9.17) is 11.6 Å². The highest BCUT2D eigenvalue weighted by molar-refractivity contribution is 6.33. The third-order valence-corrected chi connectivity index (χ3v) is 4.24. The molecule has 0 saturated carbocycles. The van der Waals surface area contributed by atoms with Crippen LogP contribution >= 0.6 is 11.6 Å². The fourth-order valence-electron chi connectivity index (χ4n) is 2.91. The zero-order valence-electron chi connectivity index (χ0n) is 12.2. The fraction of sp³-hybridized carbons (Fsp3) is 0.625. The van der Waals surface area contributed by atoms with Crippen molar-refractivity contribution >= 4 is 17.3 Å². The predicted molar refractivity (Wildman–Crippen MR) is 85.5 cm³/mol. The third kappa shape index (κ3) is 3.66. The monoisotopic (exact) mass is 296 g/mol. The van der Waals surface area contributed by atoms with Crippen molar-refractivity contribution in [1.82, 2.24) is 5.32 Å². The van der Waals surface area contributed by atoms with Gasteiger partial charge in [-0.15, -0.1) is 0 Å². The Morgan fingerprint density at radius 1 is 1.40 bits per heavy atom. The van der Waals surface area contributed by atoms with Gasteiger partial charge in [-0.3, -0.25) is 0 Å². The second-order valence-electron chi connectivity index (χ2n) is 5.45. The molecule has 1 aliphatic heterocycles. The minimum atomic E-state index is 0.201. The average molecular weight is 297 g/mol. The van der Waals surface area contributed by atoms with E-state index in [0.29, 0.717) is 0 Å².